The van der Waals surface area contributed by atoms with Gasteiger partial charge in [0.2, 0.25) is 0 Å². The van der Waals surface area contributed by atoms with Crippen LogP contribution in [0.25, 0.3) is 11.3 Å². The van der Waals surface area contributed by atoms with Gasteiger partial charge in [-0.1, -0.05) is 43.5 Å². The molecule has 1 aliphatic carbocycles. The number of primary amides is 1. The van der Waals surface area contributed by atoms with Gasteiger partial charge in [0.05, 0.1) is 11.4 Å². The third-order valence-corrected chi connectivity index (χ3v) is 4.80. The highest BCUT2D eigenvalue weighted by Crippen LogP contribution is 2.34. The molecule has 0 atom stereocenters. The second-order valence-electron chi connectivity index (χ2n) is 6.51. The van der Waals surface area contributed by atoms with Gasteiger partial charge in [-0.15, -0.1) is 0 Å². The fourth-order valence-electron chi connectivity index (χ4n) is 3.49. The van der Waals surface area contributed by atoms with Crippen molar-refractivity contribution < 1.29 is 13.6 Å². The van der Waals surface area contributed by atoms with E-state index in [1.807, 2.05) is 12.1 Å². The van der Waals surface area contributed by atoms with Crippen molar-refractivity contribution in [1.82, 2.24) is 9.97 Å². The van der Waals surface area contributed by atoms with E-state index in [-0.39, 0.29) is 0 Å². The number of halogens is 2. The Hall–Kier alpha value is -2.37. The van der Waals surface area contributed by atoms with Gasteiger partial charge in [-0.2, -0.15) is 0 Å². The summed E-state index contributed by atoms with van der Waals surface area (Å²) in [5.41, 5.74) is 6.86. The second kappa shape index (κ2) is 7.25. The van der Waals surface area contributed by atoms with Gasteiger partial charge in [0.25, 0.3) is 12.3 Å². The minimum atomic E-state index is -2.89. The first-order chi connectivity index (χ1) is 12.0. The molecule has 25 heavy (non-hydrogen) atoms. The van der Waals surface area contributed by atoms with E-state index < -0.39 is 23.7 Å². The quantitative estimate of drug-likeness (QED) is 0.885. The van der Waals surface area contributed by atoms with Crippen molar-refractivity contribution in [2.45, 2.75) is 51.4 Å². The number of nitrogens with two attached hydrogens (primary N) is 1. The molecule has 132 valence electrons. The molecule has 0 aliphatic heterocycles. The number of nitrogens with zero attached hydrogens (tertiary/aromatic N) is 2. The SMILES string of the molecule is Cc1nc(C(F)F)c(C(N)=O)nc1-c1ccc(C2CCCCC2)cc1. The molecule has 0 unspecified atom stereocenters. The average molecular weight is 345 g/mol. The van der Waals surface area contributed by atoms with Crippen LogP contribution < -0.4 is 5.73 Å². The first kappa shape index (κ1) is 17.5. The van der Waals surface area contributed by atoms with Crippen LogP contribution in [0, 0.1) is 6.92 Å². The number of aryl methyl sites for hydroxylation is 1. The molecular weight excluding hydrogens is 324 g/mol. The lowest BCUT2D eigenvalue weighted by Gasteiger charge is -2.22. The second-order valence-corrected chi connectivity index (χ2v) is 6.51. The Morgan fingerprint density at radius 1 is 1.12 bits per heavy atom. The molecule has 3 rings (SSSR count). The predicted molar refractivity (Wildman–Crippen MR) is 91.5 cm³/mol. The maximum atomic E-state index is 13.1. The van der Waals surface area contributed by atoms with Crippen molar-refractivity contribution >= 4 is 5.91 Å². The predicted octanol–water partition coefficient (Wildman–Crippen LogP) is 4.54. The van der Waals surface area contributed by atoms with Crippen molar-refractivity contribution in [3.8, 4) is 11.3 Å². The number of amides is 1. The Labute approximate surface area is 145 Å². The van der Waals surface area contributed by atoms with E-state index >= 15 is 0 Å². The maximum absolute atomic E-state index is 13.1. The van der Waals surface area contributed by atoms with Crippen molar-refractivity contribution in [2.24, 2.45) is 5.73 Å². The molecule has 1 fully saturated rings. The molecule has 1 heterocycles. The zero-order valence-electron chi connectivity index (χ0n) is 14.1. The van der Waals surface area contributed by atoms with Crippen molar-refractivity contribution in [1.29, 1.82) is 0 Å². The van der Waals surface area contributed by atoms with Crippen LogP contribution in [0.2, 0.25) is 0 Å². The van der Waals surface area contributed by atoms with Gasteiger partial charge in [-0.05, 0) is 31.2 Å². The third kappa shape index (κ3) is 3.67. The van der Waals surface area contributed by atoms with Gasteiger partial charge in [-0.25, -0.2) is 18.7 Å². The van der Waals surface area contributed by atoms with Crippen molar-refractivity contribution in [3.63, 3.8) is 0 Å². The zero-order chi connectivity index (χ0) is 18.0. The molecule has 4 nitrogen and oxygen atoms in total. The molecule has 1 amide bonds. The Kier molecular flexibility index (Phi) is 5.06. The molecular formula is C19H21F2N3O. The van der Waals surface area contributed by atoms with Crippen LogP contribution in [-0.4, -0.2) is 15.9 Å². The van der Waals surface area contributed by atoms with Crippen molar-refractivity contribution in [2.75, 3.05) is 0 Å². The highest BCUT2D eigenvalue weighted by molar-refractivity contribution is 5.92. The molecule has 1 aromatic carbocycles. The Bertz CT molecular complexity index is 769. The average Bonchev–Trinajstić information content (AvgIpc) is 2.62. The van der Waals surface area contributed by atoms with E-state index in [4.69, 9.17) is 5.73 Å². The number of carbonyl (C=O) groups excluding carboxylic acids is 1. The largest absolute Gasteiger partial charge is 0.364 e. The minimum Gasteiger partial charge on any atom is -0.364 e. The molecule has 1 aromatic heterocycles. The van der Waals surface area contributed by atoms with Gasteiger partial charge >= 0.3 is 0 Å². The number of benzene rings is 1. The monoisotopic (exact) mass is 345 g/mol. The summed E-state index contributed by atoms with van der Waals surface area (Å²) in [6, 6.07) is 7.93. The zero-order valence-corrected chi connectivity index (χ0v) is 14.1. The molecule has 0 saturated heterocycles. The lowest BCUT2D eigenvalue weighted by Crippen LogP contribution is -2.18. The highest BCUT2D eigenvalue weighted by atomic mass is 19.3. The molecule has 2 aromatic rings. The summed E-state index contributed by atoms with van der Waals surface area (Å²) < 4.78 is 26.1. The smallest absolute Gasteiger partial charge is 0.282 e. The molecule has 0 bridgehead atoms. The summed E-state index contributed by atoms with van der Waals surface area (Å²) in [5.74, 6) is -0.416. The Morgan fingerprint density at radius 2 is 1.76 bits per heavy atom. The van der Waals surface area contributed by atoms with Gasteiger partial charge in [0.1, 0.15) is 5.69 Å². The Morgan fingerprint density at radius 3 is 2.32 bits per heavy atom. The van der Waals surface area contributed by atoms with Gasteiger partial charge < -0.3 is 5.73 Å². The van der Waals surface area contributed by atoms with Gasteiger partial charge in [0, 0.05) is 5.56 Å². The summed E-state index contributed by atoms with van der Waals surface area (Å²) >= 11 is 0. The van der Waals surface area contributed by atoms with Crippen molar-refractivity contribution in [3.05, 3.63) is 46.9 Å². The standard InChI is InChI=1S/C19H21F2N3O/c1-11-15(24-17(19(22)25)16(23-11)18(20)21)14-9-7-13(8-10-14)12-5-3-2-4-6-12/h7-10,12,18H,2-6H2,1H3,(H2,22,25). The van der Waals surface area contributed by atoms with E-state index in [0.717, 1.165) is 5.56 Å². The van der Waals surface area contributed by atoms with Crippen LogP contribution in [0.5, 0.6) is 0 Å². The van der Waals surface area contributed by atoms with Crippen LogP contribution >= 0.6 is 0 Å². The van der Waals surface area contributed by atoms with Crippen LogP contribution in [0.4, 0.5) is 8.78 Å². The summed E-state index contributed by atoms with van der Waals surface area (Å²) in [7, 11) is 0. The van der Waals surface area contributed by atoms with Crippen LogP contribution in [0.15, 0.2) is 24.3 Å². The molecule has 6 heteroatoms. The van der Waals surface area contributed by atoms with Crippen LogP contribution in [0.3, 0.4) is 0 Å². The summed E-state index contributed by atoms with van der Waals surface area (Å²) in [6.45, 7) is 1.61. The number of carbonyl (C=O) groups is 1. The fraction of sp³-hybridized carbons (Fsp3) is 0.421. The van der Waals surface area contributed by atoms with E-state index in [2.05, 4.69) is 22.1 Å². The Balaban J connectivity index is 1.95. The van der Waals surface area contributed by atoms with E-state index in [1.54, 1.807) is 6.92 Å². The summed E-state index contributed by atoms with van der Waals surface area (Å²) in [4.78, 5) is 19.4. The number of hydrogen-bond donors (Lipinski definition) is 1. The normalized spacial score (nSPS) is 15.5. The van der Waals surface area contributed by atoms with E-state index in [1.165, 1.54) is 37.7 Å². The van der Waals surface area contributed by atoms with E-state index in [9.17, 15) is 13.6 Å². The van der Waals surface area contributed by atoms with Gasteiger partial charge in [0.15, 0.2) is 5.69 Å². The van der Waals surface area contributed by atoms with E-state index in [0.29, 0.717) is 17.3 Å². The van der Waals surface area contributed by atoms with Gasteiger partial charge in [-0.3, -0.25) is 4.79 Å². The molecule has 0 spiro atoms. The molecule has 1 aliphatic rings. The third-order valence-electron chi connectivity index (χ3n) is 4.80. The summed E-state index contributed by atoms with van der Waals surface area (Å²) in [5, 5.41) is 0. The lowest BCUT2D eigenvalue weighted by molar-refractivity contribution is 0.0976. The molecule has 0 radical (unpaired) electrons. The first-order valence-corrected chi connectivity index (χ1v) is 8.54. The minimum absolute atomic E-state index is 0.353. The van der Waals surface area contributed by atoms with Crippen LogP contribution in [-0.2, 0) is 0 Å². The summed E-state index contributed by atoms with van der Waals surface area (Å²) in [6.07, 6.45) is 3.33. The maximum Gasteiger partial charge on any atom is 0.282 e. The lowest BCUT2D eigenvalue weighted by atomic mass is 9.84. The first-order valence-electron chi connectivity index (χ1n) is 8.54. The van der Waals surface area contributed by atoms with Crippen LogP contribution in [0.1, 0.15) is 71.9 Å². The highest BCUT2D eigenvalue weighted by Gasteiger charge is 2.23. The molecule has 1 saturated carbocycles. The number of rotatable bonds is 4. The molecule has 2 N–H and O–H groups in total. The fourth-order valence-corrected chi connectivity index (χ4v) is 3.49. The number of alkyl halides is 2. The number of hydrogen-bond acceptors (Lipinski definition) is 3. The number of aromatic nitrogens is 2. The topological polar surface area (TPSA) is 68.9 Å².